The van der Waals surface area contributed by atoms with Gasteiger partial charge in [-0.2, -0.15) is 0 Å². The van der Waals surface area contributed by atoms with Crippen LogP contribution in [0.2, 0.25) is 0 Å². The first-order chi connectivity index (χ1) is 5.20. The summed E-state index contributed by atoms with van der Waals surface area (Å²) in [6.07, 6.45) is 3.48. The summed E-state index contributed by atoms with van der Waals surface area (Å²) in [5.41, 5.74) is 0. The highest BCUT2D eigenvalue weighted by atomic mass is 79.9. The van der Waals surface area contributed by atoms with Gasteiger partial charge in [-0.05, 0) is 37.9 Å². The van der Waals surface area contributed by atoms with Gasteiger partial charge < -0.3 is 5.11 Å². The number of hydrogen-bond acceptors (Lipinski definition) is 2. The summed E-state index contributed by atoms with van der Waals surface area (Å²) in [6.45, 7) is -0.250. The van der Waals surface area contributed by atoms with Gasteiger partial charge in [0.2, 0.25) is 0 Å². The van der Waals surface area contributed by atoms with Crippen molar-refractivity contribution in [2.45, 2.75) is 0 Å². The Kier molecular flexibility index (Phi) is 6.06. The topological polar surface area (TPSA) is 50.2 Å². The first-order valence-corrected chi connectivity index (χ1v) is 4.13. The highest BCUT2D eigenvalue weighted by Gasteiger charge is 1.85. The van der Waals surface area contributed by atoms with E-state index < -0.39 is 0 Å². The van der Waals surface area contributed by atoms with Gasteiger partial charge in [0, 0.05) is 21.3 Å². The molecule has 11 heavy (non-hydrogen) atoms. The van der Waals surface area contributed by atoms with Crippen molar-refractivity contribution < 1.29 is 9.90 Å². The fourth-order valence-electron chi connectivity index (χ4n) is 0.386. The van der Waals surface area contributed by atoms with Gasteiger partial charge in [0.05, 0.1) is 0 Å². The Bertz CT molecular complexity index is 212. The third kappa shape index (κ3) is 6.00. The molecular weight excluding hydrogens is 278 g/mol. The van der Waals surface area contributed by atoms with Gasteiger partial charge in [0.1, 0.15) is 0 Å². The molecule has 0 spiro atoms. The molecule has 1 aromatic rings. The van der Waals surface area contributed by atoms with Crippen LogP contribution < -0.4 is 0 Å². The zero-order valence-electron chi connectivity index (χ0n) is 5.37. The van der Waals surface area contributed by atoms with E-state index in [0.29, 0.717) is 0 Å². The fraction of sp³-hybridized carbons (Fsp3) is 0. The van der Waals surface area contributed by atoms with Crippen molar-refractivity contribution in [2.24, 2.45) is 0 Å². The van der Waals surface area contributed by atoms with Gasteiger partial charge in [-0.15, -0.1) is 0 Å². The largest absolute Gasteiger partial charge is 0.483 e. The molecule has 0 aliphatic heterocycles. The maximum absolute atomic E-state index is 8.36. The zero-order valence-corrected chi connectivity index (χ0v) is 8.54. The number of hydrogen-bond donors (Lipinski definition) is 1. The summed E-state index contributed by atoms with van der Waals surface area (Å²) in [6, 6.07) is 1.94. The average molecular weight is 283 g/mol. The Morgan fingerprint density at radius 2 is 1.73 bits per heavy atom. The lowest BCUT2D eigenvalue weighted by Gasteiger charge is -1.86. The molecular formula is C6H5Br2NO2. The lowest BCUT2D eigenvalue weighted by atomic mass is 10.5. The average Bonchev–Trinajstić information content (AvgIpc) is 1.88. The predicted molar refractivity (Wildman–Crippen MR) is 48.3 cm³/mol. The van der Waals surface area contributed by atoms with E-state index in [4.69, 9.17) is 9.90 Å². The molecule has 1 heterocycles. The van der Waals surface area contributed by atoms with E-state index in [0.717, 1.165) is 8.95 Å². The van der Waals surface area contributed by atoms with E-state index in [-0.39, 0.29) is 6.47 Å². The van der Waals surface area contributed by atoms with E-state index in [9.17, 15) is 0 Å². The van der Waals surface area contributed by atoms with E-state index in [1.54, 1.807) is 12.4 Å². The van der Waals surface area contributed by atoms with Gasteiger partial charge in [-0.25, -0.2) is 0 Å². The van der Waals surface area contributed by atoms with Crippen molar-refractivity contribution in [3.8, 4) is 0 Å². The normalized spacial score (nSPS) is 7.82. The van der Waals surface area contributed by atoms with Crippen LogP contribution in [-0.2, 0) is 4.79 Å². The number of nitrogens with zero attached hydrogens (tertiary/aromatic N) is 1. The maximum atomic E-state index is 8.36. The van der Waals surface area contributed by atoms with Gasteiger partial charge in [-0.1, -0.05) is 0 Å². The lowest BCUT2D eigenvalue weighted by molar-refractivity contribution is -0.122. The Morgan fingerprint density at radius 3 is 1.91 bits per heavy atom. The summed E-state index contributed by atoms with van der Waals surface area (Å²) in [5, 5.41) is 6.89. The van der Waals surface area contributed by atoms with Crippen LogP contribution in [0.4, 0.5) is 0 Å². The molecule has 0 atom stereocenters. The molecule has 0 aliphatic rings. The number of pyridine rings is 1. The second-order valence-corrected chi connectivity index (χ2v) is 3.26. The smallest absolute Gasteiger partial charge is 0.290 e. The number of carbonyl (C=O) groups is 1. The third-order valence-corrected chi connectivity index (χ3v) is 1.54. The van der Waals surface area contributed by atoms with Crippen LogP contribution >= 0.6 is 31.9 Å². The van der Waals surface area contributed by atoms with Crippen molar-refractivity contribution in [3.63, 3.8) is 0 Å². The number of carboxylic acid groups (broad SMARTS) is 1. The third-order valence-electron chi connectivity index (χ3n) is 0.672. The van der Waals surface area contributed by atoms with E-state index in [1.807, 2.05) is 6.07 Å². The van der Waals surface area contributed by atoms with Gasteiger partial charge in [0.25, 0.3) is 6.47 Å². The van der Waals surface area contributed by atoms with Crippen LogP contribution in [0.25, 0.3) is 0 Å². The van der Waals surface area contributed by atoms with Gasteiger partial charge >= 0.3 is 0 Å². The van der Waals surface area contributed by atoms with Crippen LogP contribution in [0.15, 0.2) is 27.4 Å². The van der Waals surface area contributed by atoms with Gasteiger partial charge in [-0.3, -0.25) is 9.78 Å². The molecule has 0 bridgehead atoms. The van der Waals surface area contributed by atoms with Crippen LogP contribution in [0, 0.1) is 0 Å². The van der Waals surface area contributed by atoms with Crippen molar-refractivity contribution in [2.75, 3.05) is 0 Å². The molecule has 0 aliphatic carbocycles. The van der Waals surface area contributed by atoms with Crippen molar-refractivity contribution in [3.05, 3.63) is 27.4 Å². The minimum Gasteiger partial charge on any atom is -0.483 e. The molecule has 0 radical (unpaired) electrons. The highest BCUT2D eigenvalue weighted by Crippen LogP contribution is 2.13. The molecule has 0 amide bonds. The summed E-state index contributed by atoms with van der Waals surface area (Å²) in [5.74, 6) is 0. The van der Waals surface area contributed by atoms with Gasteiger partial charge in [0.15, 0.2) is 0 Å². The molecule has 0 saturated carbocycles. The van der Waals surface area contributed by atoms with Crippen molar-refractivity contribution in [1.29, 1.82) is 0 Å². The van der Waals surface area contributed by atoms with E-state index >= 15 is 0 Å². The standard InChI is InChI=1S/C5H3Br2N.CH2O2/c6-4-1-5(7)3-8-2-4;2-1-3/h1-3H;1H,(H,2,3). The summed E-state index contributed by atoms with van der Waals surface area (Å²) < 4.78 is 1.98. The van der Waals surface area contributed by atoms with E-state index in [1.165, 1.54) is 0 Å². The predicted octanol–water partition coefficient (Wildman–Crippen LogP) is 2.31. The summed E-state index contributed by atoms with van der Waals surface area (Å²) in [7, 11) is 0. The molecule has 0 fully saturated rings. The molecule has 1 rings (SSSR count). The zero-order chi connectivity index (χ0) is 8.69. The maximum Gasteiger partial charge on any atom is 0.290 e. The highest BCUT2D eigenvalue weighted by molar-refractivity contribution is 9.11. The minimum absolute atomic E-state index is 0.250. The fourth-order valence-corrected chi connectivity index (χ4v) is 1.42. The molecule has 0 unspecified atom stereocenters. The number of aromatic nitrogens is 1. The van der Waals surface area contributed by atoms with Crippen molar-refractivity contribution >= 4 is 38.3 Å². The van der Waals surface area contributed by atoms with Crippen molar-refractivity contribution in [1.82, 2.24) is 4.98 Å². The first-order valence-electron chi connectivity index (χ1n) is 2.54. The van der Waals surface area contributed by atoms with Crippen LogP contribution in [-0.4, -0.2) is 16.6 Å². The lowest BCUT2D eigenvalue weighted by Crippen LogP contribution is -1.69. The molecule has 60 valence electrons. The Balaban J connectivity index is 0.000000292. The monoisotopic (exact) mass is 281 g/mol. The number of rotatable bonds is 0. The number of halogens is 2. The quantitative estimate of drug-likeness (QED) is 0.743. The van der Waals surface area contributed by atoms with E-state index in [2.05, 4.69) is 36.8 Å². The molecule has 0 aromatic carbocycles. The minimum atomic E-state index is -0.250. The van der Waals surface area contributed by atoms with Crippen LogP contribution in [0.3, 0.4) is 0 Å². The molecule has 5 heteroatoms. The Morgan fingerprint density at radius 1 is 1.36 bits per heavy atom. The summed E-state index contributed by atoms with van der Waals surface area (Å²) in [4.78, 5) is 12.3. The Hall–Kier alpha value is -0.420. The second-order valence-electron chi connectivity index (χ2n) is 1.43. The van der Waals surface area contributed by atoms with Crippen LogP contribution in [0.1, 0.15) is 0 Å². The molecule has 1 N–H and O–H groups in total. The molecule has 1 aromatic heterocycles. The second kappa shape index (κ2) is 6.30. The van der Waals surface area contributed by atoms with Crippen LogP contribution in [0.5, 0.6) is 0 Å². The SMILES string of the molecule is Brc1cncc(Br)c1.O=CO. The Labute approximate surface area is 80.7 Å². The first kappa shape index (κ1) is 10.6. The summed E-state index contributed by atoms with van der Waals surface area (Å²) >= 11 is 6.54. The molecule has 3 nitrogen and oxygen atoms in total. The molecule has 0 saturated heterocycles.